The molecule has 1 N–H and O–H groups in total. The molecule has 3 rings (SSSR count). The van der Waals surface area contributed by atoms with Gasteiger partial charge in [0, 0.05) is 10.9 Å². The fraction of sp³-hybridized carbons (Fsp3) is 0.111. The van der Waals surface area contributed by atoms with Gasteiger partial charge in [0.1, 0.15) is 11.3 Å². The van der Waals surface area contributed by atoms with Crippen molar-refractivity contribution in [2.45, 2.75) is 13.0 Å². The minimum atomic E-state index is -0.240. The SMILES string of the molecule is CC(NC(=O)c1ccc(C#N)cc1)c1cc2ccccc2o1. The first-order valence-electron chi connectivity index (χ1n) is 6.97. The quantitative estimate of drug-likeness (QED) is 0.798. The zero-order valence-electron chi connectivity index (χ0n) is 12.0. The van der Waals surface area contributed by atoms with Gasteiger partial charge in [0.05, 0.1) is 17.7 Å². The Balaban J connectivity index is 1.76. The molecule has 0 aliphatic rings. The molecule has 0 radical (unpaired) electrons. The predicted molar refractivity (Wildman–Crippen MR) is 83.3 cm³/mol. The smallest absolute Gasteiger partial charge is 0.251 e. The third-order valence-electron chi connectivity index (χ3n) is 3.50. The van der Waals surface area contributed by atoms with Gasteiger partial charge in [-0.05, 0) is 43.3 Å². The number of nitrogens with zero attached hydrogens (tertiary/aromatic N) is 1. The standard InChI is InChI=1S/C18H14N2O2/c1-12(17-10-15-4-2-3-5-16(15)22-17)20-18(21)14-8-6-13(11-19)7-9-14/h2-10,12H,1H3,(H,20,21). The van der Waals surface area contributed by atoms with Crippen molar-refractivity contribution in [1.29, 1.82) is 5.26 Å². The number of nitrogens with one attached hydrogen (secondary N) is 1. The van der Waals surface area contributed by atoms with Gasteiger partial charge in [0.15, 0.2) is 0 Å². The summed E-state index contributed by atoms with van der Waals surface area (Å²) in [6.07, 6.45) is 0. The van der Waals surface area contributed by atoms with Gasteiger partial charge in [-0.3, -0.25) is 4.79 Å². The Kier molecular flexibility index (Phi) is 3.63. The Morgan fingerprint density at radius 2 is 1.91 bits per heavy atom. The minimum absolute atomic E-state index is 0.197. The van der Waals surface area contributed by atoms with Crippen molar-refractivity contribution in [3.8, 4) is 6.07 Å². The van der Waals surface area contributed by atoms with Crippen LogP contribution in [-0.2, 0) is 0 Å². The number of carbonyl (C=O) groups excluding carboxylic acids is 1. The van der Waals surface area contributed by atoms with Crippen LogP contribution in [0.15, 0.2) is 59.0 Å². The summed E-state index contributed by atoms with van der Waals surface area (Å²) in [5, 5.41) is 12.7. The van der Waals surface area contributed by atoms with Gasteiger partial charge < -0.3 is 9.73 Å². The van der Waals surface area contributed by atoms with E-state index in [0.29, 0.717) is 16.9 Å². The topological polar surface area (TPSA) is 66.0 Å². The Labute approximate surface area is 128 Å². The van der Waals surface area contributed by atoms with E-state index in [0.717, 1.165) is 11.0 Å². The first kappa shape index (κ1) is 13.9. The Morgan fingerprint density at radius 1 is 1.18 bits per heavy atom. The van der Waals surface area contributed by atoms with Gasteiger partial charge in [-0.1, -0.05) is 18.2 Å². The molecule has 1 heterocycles. The molecule has 0 bridgehead atoms. The molecule has 108 valence electrons. The molecular formula is C18H14N2O2. The second-order valence-corrected chi connectivity index (χ2v) is 5.07. The number of furan rings is 1. The molecule has 0 aliphatic heterocycles. The molecule has 4 nitrogen and oxygen atoms in total. The van der Waals surface area contributed by atoms with Gasteiger partial charge in [0.25, 0.3) is 5.91 Å². The predicted octanol–water partition coefficient (Wildman–Crippen LogP) is 3.80. The van der Waals surface area contributed by atoms with E-state index in [-0.39, 0.29) is 11.9 Å². The third-order valence-corrected chi connectivity index (χ3v) is 3.50. The minimum Gasteiger partial charge on any atom is -0.459 e. The molecule has 3 aromatic rings. The number of amides is 1. The molecule has 2 aromatic carbocycles. The van der Waals surface area contributed by atoms with Crippen molar-refractivity contribution in [2.75, 3.05) is 0 Å². The van der Waals surface area contributed by atoms with E-state index in [1.54, 1.807) is 24.3 Å². The zero-order valence-corrected chi connectivity index (χ0v) is 12.0. The summed E-state index contributed by atoms with van der Waals surface area (Å²) in [5.74, 6) is 0.514. The van der Waals surface area contributed by atoms with Crippen LogP contribution in [0, 0.1) is 11.3 Å². The van der Waals surface area contributed by atoms with Gasteiger partial charge in [-0.25, -0.2) is 0 Å². The molecule has 4 heteroatoms. The molecule has 0 fully saturated rings. The second-order valence-electron chi connectivity index (χ2n) is 5.07. The molecule has 1 amide bonds. The van der Waals surface area contributed by atoms with Crippen LogP contribution < -0.4 is 5.32 Å². The average Bonchev–Trinajstić information content (AvgIpc) is 2.99. The van der Waals surface area contributed by atoms with E-state index in [9.17, 15) is 4.79 Å². The highest BCUT2D eigenvalue weighted by Gasteiger charge is 2.15. The Hall–Kier alpha value is -3.06. The molecule has 1 unspecified atom stereocenters. The lowest BCUT2D eigenvalue weighted by molar-refractivity contribution is 0.0935. The number of para-hydroxylation sites is 1. The summed E-state index contributed by atoms with van der Waals surface area (Å²) in [6, 6.07) is 18.0. The number of benzene rings is 2. The Bertz CT molecular complexity index is 824. The average molecular weight is 290 g/mol. The van der Waals surface area contributed by atoms with E-state index in [1.807, 2.05) is 43.3 Å². The number of nitriles is 1. The molecular weight excluding hydrogens is 276 g/mol. The summed E-state index contributed by atoms with van der Waals surface area (Å²) in [6.45, 7) is 1.87. The van der Waals surface area contributed by atoms with Crippen molar-refractivity contribution < 1.29 is 9.21 Å². The van der Waals surface area contributed by atoms with E-state index in [1.165, 1.54) is 0 Å². The summed E-state index contributed by atoms with van der Waals surface area (Å²) in [7, 11) is 0. The first-order valence-corrected chi connectivity index (χ1v) is 6.97. The van der Waals surface area contributed by atoms with Crippen LogP contribution in [0.1, 0.15) is 34.6 Å². The highest BCUT2D eigenvalue weighted by Crippen LogP contribution is 2.23. The molecule has 22 heavy (non-hydrogen) atoms. The van der Waals surface area contributed by atoms with Crippen LogP contribution in [0.2, 0.25) is 0 Å². The molecule has 1 atom stereocenters. The van der Waals surface area contributed by atoms with Gasteiger partial charge in [-0.2, -0.15) is 5.26 Å². The number of rotatable bonds is 3. The highest BCUT2D eigenvalue weighted by atomic mass is 16.3. The van der Waals surface area contributed by atoms with E-state index in [4.69, 9.17) is 9.68 Å². The lowest BCUT2D eigenvalue weighted by atomic mass is 10.1. The summed E-state index contributed by atoms with van der Waals surface area (Å²) < 4.78 is 5.75. The largest absolute Gasteiger partial charge is 0.459 e. The van der Waals surface area contributed by atoms with Crippen LogP contribution in [0.5, 0.6) is 0 Å². The third kappa shape index (κ3) is 2.70. The van der Waals surface area contributed by atoms with Crippen molar-refractivity contribution >= 4 is 16.9 Å². The summed E-state index contributed by atoms with van der Waals surface area (Å²) in [4.78, 5) is 12.2. The van der Waals surface area contributed by atoms with Crippen molar-refractivity contribution in [3.05, 3.63) is 71.5 Å². The van der Waals surface area contributed by atoms with Gasteiger partial charge in [0.2, 0.25) is 0 Å². The molecule has 0 aliphatic carbocycles. The monoisotopic (exact) mass is 290 g/mol. The molecule has 0 saturated carbocycles. The highest BCUT2D eigenvalue weighted by molar-refractivity contribution is 5.94. The van der Waals surface area contributed by atoms with Gasteiger partial charge >= 0.3 is 0 Å². The van der Waals surface area contributed by atoms with E-state index in [2.05, 4.69) is 5.32 Å². The van der Waals surface area contributed by atoms with Crippen LogP contribution >= 0.6 is 0 Å². The van der Waals surface area contributed by atoms with Crippen LogP contribution in [0.4, 0.5) is 0 Å². The number of carbonyl (C=O) groups is 1. The summed E-state index contributed by atoms with van der Waals surface area (Å²) in [5.41, 5.74) is 1.85. The normalized spacial score (nSPS) is 11.8. The number of hydrogen-bond donors (Lipinski definition) is 1. The lowest BCUT2D eigenvalue weighted by Gasteiger charge is -2.11. The fourth-order valence-corrected chi connectivity index (χ4v) is 2.26. The molecule has 0 spiro atoms. The second kappa shape index (κ2) is 5.74. The maximum absolute atomic E-state index is 12.2. The van der Waals surface area contributed by atoms with Crippen molar-refractivity contribution in [2.24, 2.45) is 0 Å². The first-order chi connectivity index (χ1) is 10.7. The summed E-state index contributed by atoms with van der Waals surface area (Å²) >= 11 is 0. The molecule has 0 saturated heterocycles. The van der Waals surface area contributed by atoms with Crippen LogP contribution in [0.25, 0.3) is 11.0 Å². The zero-order chi connectivity index (χ0) is 15.5. The Morgan fingerprint density at radius 3 is 2.59 bits per heavy atom. The molecule has 1 aromatic heterocycles. The van der Waals surface area contributed by atoms with E-state index < -0.39 is 0 Å². The van der Waals surface area contributed by atoms with Crippen molar-refractivity contribution in [3.63, 3.8) is 0 Å². The number of fused-ring (bicyclic) bond motifs is 1. The van der Waals surface area contributed by atoms with Crippen LogP contribution in [0.3, 0.4) is 0 Å². The van der Waals surface area contributed by atoms with Crippen molar-refractivity contribution in [1.82, 2.24) is 5.32 Å². The van der Waals surface area contributed by atoms with Crippen LogP contribution in [-0.4, -0.2) is 5.91 Å². The fourth-order valence-electron chi connectivity index (χ4n) is 2.26. The number of hydrogen-bond acceptors (Lipinski definition) is 3. The lowest BCUT2D eigenvalue weighted by Crippen LogP contribution is -2.26. The van der Waals surface area contributed by atoms with Gasteiger partial charge in [-0.15, -0.1) is 0 Å². The maximum atomic E-state index is 12.2. The van der Waals surface area contributed by atoms with E-state index >= 15 is 0 Å². The maximum Gasteiger partial charge on any atom is 0.251 e.